The van der Waals surface area contributed by atoms with Gasteiger partial charge in [0.15, 0.2) is 0 Å². The van der Waals surface area contributed by atoms with Crippen molar-refractivity contribution in [1.82, 2.24) is 15.2 Å². The number of carbonyl (C=O) groups excluding carboxylic acids is 1. The van der Waals surface area contributed by atoms with Crippen molar-refractivity contribution in [3.8, 4) is 5.88 Å². The van der Waals surface area contributed by atoms with Crippen LogP contribution in [0.15, 0.2) is 18.3 Å². The molecule has 116 valence electrons. The van der Waals surface area contributed by atoms with Crippen molar-refractivity contribution in [1.29, 1.82) is 0 Å². The van der Waals surface area contributed by atoms with E-state index in [0.29, 0.717) is 18.5 Å². The molecule has 0 spiro atoms. The largest absolute Gasteiger partial charge is 0.475 e. The first kappa shape index (κ1) is 15.6. The monoisotopic (exact) mass is 291 g/mol. The van der Waals surface area contributed by atoms with Crippen LogP contribution >= 0.6 is 0 Å². The van der Waals surface area contributed by atoms with Gasteiger partial charge in [-0.05, 0) is 46.1 Å². The number of ether oxygens (including phenoxy) is 1. The Labute approximate surface area is 126 Å². The number of pyridine rings is 1. The number of likely N-dealkylation sites (tertiary alicyclic amines) is 1. The Hall–Kier alpha value is -1.78. The molecule has 2 heterocycles. The molecule has 0 radical (unpaired) electrons. The lowest BCUT2D eigenvalue weighted by Gasteiger charge is -2.33. The van der Waals surface area contributed by atoms with Crippen molar-refractivity contribution >= 4 is 6.03 Å². The van der Waals surface area contributed by atoms with Gasteiger partial charge in [-0.3, -0.25) is 0 Å². The number of rotatable bonds is 4. The van der Waals surface area contributed by atoms with Crippen molar-refractivity contribution in [2.45, 2.75) is 58.7 Å². The Morgan fingerprint density at radius 1 is 1.52 bits per heavy atom. The zero-order valence-electron chi connectivity index (χ0n) is 13.1. The van der Waals surface area contributed by atoms with Gasteiger partial charge in [0, 0.05) is 30.9 Å². The van der Waals surface area contributed by atoms with E-state index in [4.69, 9.17) is 4.74 Å². The third-order valence-corrected chi connectivity index (χ3v) is 3.69. The predicted octanol–water partition coefficient (Wildman–Crippen LogP) is 2.95. The van der Waals surface area contributed by atoms with Gasteiger partial charge < -0.3 is 15.0 Å². The Balaban J connectivity index is 1.94. The molecule has 0 saturated carbocycles. The average Bonchev–Trinajstić information content (AvgIpc) is 2.46. The molecule has 5 nitrogen and oxygen atoms in total. The topological polar surface area (TPSA) is 54.5 Å². The van der Waals surface area contributed by atoms with E-state index in [0.717, 1.165) is 24.9 Å². The van der Waals surface area contributed by atoms with E-state index in [2.05, 4.69) is 17.2 Å². The van der Waals surface area contributed by atoms with E-state index in [1.807, 2.05) is 30.9 Å². The van der Waals surface area contributed by atoms with Gasteiger partial charge in [0.1, 0.15) is 0 Å². The summed E-state index contributed by atoms with van der Waals surface area (Å²) in [6.45, 7) is 7.32. The highest BCUT2D eigenvalue weighted by Crippen LogP contribution is 2.18. The summed E-state index contributed by atoms with van der Waals surface area (Å²) in [7, 11) is 0. The molecule has 1 aliphatic rings. The van der Waals surface area contributed by atoms with Crippen LogP contribution in [0.4, 0.5) is 4.79 Å². The quantitative estimate of drug-likeness (QED) is 0.928. The first-order valence-electron chi connectivity index (χ1n) is 7.73. The number of aromatic nitrogens is 1. The highest BCUT2D eigenvalue weighted by Gasteiger charge is 2.23. The van der Waals surface area contributed by atoms with Crippen molar-refractivity contribution in [2.24, 2.45) is 0 Å². The van der Waals surface area contributed by atoms with Crippen LogP contribution in [0.2, 0.25) is 0 Å². The molecule has 1 saturated heterocycles. The van der Waals surface area contributed by atoms with Gasteiger partial charge >= 0.3 is 6.03 Å². The Kier molecular flexibility index (Phi) is 5.42. The van der Waals surface area contributed by atoms with Gasteiger partial charge in [0.2, 0.25) is 5.88 Å². The van der Waals surface area contributed by atoms with Gasteiger partial charge in [0.05, 0.1) is 6.10 Å². The summed E-state index contributed by atoms with van der Waals surface area (Å²) in [6.07, 6.45) is 5.15. The summed E-state index contributed by atoms with van der Waals surface area (Å²) in [6, 6.07) is 4.11. The molecule has 1 N–H and O–H groups in total. The zero-order valence-corrected chi connectivity index (χ0v) is 13.1. The fraction of sp³-hybridized carbons (Fsp3) is 0.625. The summed E-state index contributed by atoms with van der Waals surface area (Å²) >= 11 is 0. The molecule has 0 aromatic carbocycles. The molecule has 0 bridgehead atoms. The highest BCUT2D eigenvalue weighted by atomic mass is 16.5. The fourth-order valence-electron chi connectivity index (χ4n) is 2.56. The lowest BCUT2D eigenvalue weighted by molar-refractivity contribution is 0.157. The number of amides is 2. The van der Waals surface area contributed by atoms with Crippen LogP contribution in [-0.2, 0) is 6.54 Å². The molecule has 1 atom stereocenters. The second kappa shape index (κ2) is 7.29. The summed E-state index contributed by atoms with van der Waals surface area (Å²) < 4.78 is 5.67. The molecule has 1 aromatic rings. The van der Waals surface area contributed by atoms with Crippen LogP contribution in [0.1, 0.15) is 45.6 Å². The fourth-order valence-corrected chi connectivity index (χ4v) is 2.56. The summed E-state index contributed by atoms with van der Waals surface area (Å²) in [5, 5.41) is 2.98. The molecule has 2 amide bonds. The molecular weight excluding hydrogens is 266 g/mol. The first-order chi connectivity index (χ1) is 10.1. The van der Waals surface area contributed by atoms with E-state index < -0.39 is 0 Å². The number of hydrogen-bond donors (Lipinski definition) is 1. The van der Waals surface area contributed by atoms with E-state index in [9.17, 15) is 4.79 Å². The lowest BCUT2D eigenvalue weighted by atomic mass is 10.0. The van der Waals surface area contributed by atoms with Gasteiger partial charge in [-0.2, -0.15) is 0 Å². The van der Waals surface area contributed by atoms with Crippen LogP contribution < -0.4 is 10.1 Å². The second-order valence-electron chi connectivity index (χ2n) is 5.83. The first-order valence-corrected chi connectivity index (χ1v) is 7.73. The minimum absolute atomic E-state index is 0.00144. The number of urea groups is 1. The van der Waals surface area contributed by atoms with E-state index in [1.54, 1.807) is 6.20 Å². The van der Waals surface area contributed by atoms with E-state index >= 15 is 0 Å². The normalized spacial score (nSPS) is 18.7. The minimum Gasteiger partial charge on any atom is -0.475 e. The third kappa shape index (κ3) is 4.34. The van der Waals surface area contributed by atoms with Gasteiger partial charge in [0.25, 0.3) is 0 Å². The second-order valence-corrected chi connectivity index (χ2v) is 5.83. The number of hydrogen-bond acceptors (Lipinski definition) is 3. The lowest BCUT2D eigenvalue weighted by Crippen LogP contribution is -2.47. The molecule has 0 unspecified atom stereocenters. The Morgan fingerprint density at radius 3 is 3.05 bits per heavy atom. The Morgan fingerprint density at radius 2 is 2.33 bits per heavy atom. The molecule has 1 fully saturated rings. The number of carbonyl (C=O) groups is 1. The summed E-state index contributed by atoms with van der Waals surface area (Å²) in [5.41, 5.74) is 0.907. The standard InChI is InChI=1S/C16H25N3O2/c1-12(2)21-15-14(8-6-9-17-15)11-18-16(20)19-10-5-4-7-13(19)3/h6,8-9,12-13H,4-5,7,10-11H2,1-3H3,(H,18,20)/t13-/m0/s1. The number of nitrogens with zero attached hydrogens (tertiary/aromatic N) is 2. The van der Waals surface area contributed by atoms with Crippen LogP contribution in [0.3, 0.4) is 0 Å². The molecule has 5 heteroatoms. The summed E-state index contributed by atoms with van der Waals surface area (Å²) in [4.78, 5) is 18.4. The maximum atomic E-state index is 12.3. The number of piperidine rings is 1. The van der Waals surface area contributed by atoms with Crippen molar-refractivity contribution in [3.63, 3.8) is 0 Å². The van der Waals surface area contributed by atoms with Crippen LogP contribution in [0.25, 0.3) is 0 Å². The maximum absolute atomic E-state index is 12.3. The van der Waals surface area contributed by atoms with Crippen LogP contribution in [0.5, 0.6) is 5.88 Å². The molecular formula is C16H25N3O2. The maximum Gasteiger partial charge on any atom is 0.317 e. The van der Waals surface area contributed by atoms with E-state index in [1.165, 1.54) is 6.42 Å². The molecule has 21 heavy (non-hydrogen) atoms. The van der Waals surface area contributed by atoms with E-state index in [-0.39, 0.29) is 12.1 Å². The molecule has 0 aliphatic carbocycles. The summed E-state index contributed by atoms with van der Waals surface area (Å²) in [5.74, 6) is 0.597. The molecule has 2 rings (SSSR count). The van der Waals surface area contributed by atoms with Crippen molar-refractivity contribution in [3.05, 3.63) is 23.9 Å². The zero-order chi connectivity index (χ0) is 15.2. The number of nitrogens with one attached hydrogen (secondary N) is 1. The Bertz CT molecular complexity index is 476. The minimum atomic E-state index is 0.00144. The van der Waals surface area contributed by atoms with Gasteiger partial charge in [-0.1, -0.05) is 6.07 Å². The molecule has 1 aromatic heterocycles. The smallest absolute Gasteiger partial charge is 0.317 e. The predicted molar refractivity (Wildman–Crippen MR) is 82.3 cm³/mol. The average molecular weight is 291 g/mol. The van der Waals surface area contributed by atoms with Gasteiger partial charge in [-0.15, -0.1) is 0 Å². The molecule has 1 aliphatic heterocycles. The highest BCUT2D eigenvalue weighted by molar-refractivity contribution is 5.74. The van der Waals surface area contributed by atoms with Gasteiger partial charge in [-0.25, -0.2) is 9.78 Å². The van der Waals surface area contributed by atoms with Crippen molar-refractivity contribution in [2.75, 3.05) is 6.54 Å². The third-order valence-electron chi connectivity index (χ3n) is 3.69. The van der Waals surface area contributed by atoms with Crippen LogP contribution in [-0.4, -0.2) is 34.6 Å². The SMILES string of the molecule is CC(C)Oc1ncccc1CNC(=O)N1CCCC[C@@H]1C. The van der Waals surface area contributed by atoms with Crippen molar-refractivity contribution < 1.29 is 9.53 Å². The van der Waals surface area contributed by atoms with Crippen LogP contribution in [0, 0.1) is 0 Å².